The smallest absolute Gasteiger partial charge is 0.410 e. The van der Waals surface area contributed by atoms with E-state index in [2.05, 4.69) is 20.5 Å². The summed E-state index contributed by atoms with van der Waals surface area (Å²) in [6.45, 7) is 16.0. The van der Waals surface area contributed by atoms with E-state index >= 15 is 0 Å². The van der Waals surface area contributed by atoms with Crippen LogP contribution in [0.2, 0.25) is 0 Å². The number of carbonyl (C=O) groups is 2. The van der Waals surface area contributed by atoms with Gasteiger partial charge in [0, 0.05) is 64.6 Å². The zero-order chi connectivity index (χ0) is 25.6. The summed E-state index contributed by atoms with van der Waals surface area (Å²) in [4.78, 5) is 40.8. The molecule has 2 saturated heterocycles. The minimum atomic E-state index is -0.510. The number of amides is 2. The average Bonchev–Trinajstić information content (AvgIpc) is 2.77. The van der Waals surface area contributed by atoms with E-state index in [1.165, 1.54) is 0 Å². The van der Waals surface area contributed by atoms with E-state index in [0.717, 1.165) is 0 Å². The monoisotopic (exact) mass is 490 g/mol. The Morgan fingerprint density at radius 1 is 0.886 bits per heavy atom. The van der Waals surface area contributed by atoms with Crippen LogP contribution in [-0.2, 0) is 9.47 Å². The molecule has 194 valence electrons. The topological polar surface area (TPSA) is 116 Å². The highest BCUT2D eigenvalue weighted by Crippen LogP contribution is 2.16. The van der Waals surface area contributed by atoms with Crippen molar-refractivity contribution in [2.45, 2.75) is 52.7 Å². The summed E-state index contributed by atoms with van der Waals surface area (Å²) < 4.78 is 10.9. The molecule has 0 unspecified atom stereocenters. The Kier molecular flexibility index (Phi) is 8.23. The summed E-state index contributed by atoms with van der Waals surface area (Å²) in [7, 11) is 0. The third-order valence-corrected chi connectivity index (χ3v) is 5.22. The minimum absolute atomic E-state index is 0.285. The minimum Gasteiger partial charge on any atom is -0.444 e. The van der Waals surface area contributed by atoms with E-state index in [-0.39, 0.29) is 12.2 Å². The van der Waals surface area contributed by atoms with Crippen molar-refractivity contribution < 1.29 is 19.1 Å². The van der Waals surface area contributed by atoms with Gasteiger partial charge in [0.1, 0.15) is 17.5 Å². The van der Waals surface area contributed by atoms with E-state index in [1.807, 2.05) is 51.3 Å². The van der Waals surface area contributed by atoms with Crippen LogP contribution < -0.4 is 10.3 Å². The molecular formula is C23H38N8O4. The molecule has 2 fully saturated rings. The molecule has 2 amide bonds. The maximum absolute atomic E-state index is 12.3. The molecule has 0 spiro atoms. The van der Waals surface area contributed by atoms with Crippen LogP contribution in [-0.4, -0.2) is 107 Å². The summed E-state index contributed by atoms with van der Waals surface area (Å²) in [6, 6.07) is 1.75. The maximum Gasteiger partial charge on any atom is 0.410 e. The van der Waals surface area contributed by atoms with Crippen LogP contribution in [0.4, 0.5) is 21.4 Å². The second kappa shape index (κ2) is 11.0. The Balaban J connectivity index is 1.44. The van der Waals surface area contributed by atoms with Crippen LogP contribution in [0.3, 0.4) is 0 Å². The largest absolute Gasteiger partial charge is 0.444 e. The van der Waals surface area contributed by atoms with Crippen LogP contribution in [0.25, 0.3) is 0 Å². The number of piperazine rings is 2. The second-order valence-electron chi connectivity index (χ2n) is 10.6. The summed E-state index contributed by atoms with van der Waals surface area (Å²) in [5, 5.41) is 4.29. The van der Waals surface area contributed by atoms with E-state index in [1.54, 1.807) is 28.4 Å². The van der Waals surface area contributed by atoms with Gasteiger partial charge >= 0.3 is 12.2 Å². The fourth-order valence-corrected chi connectivity index (χ4v) is 3.50. The normalized spacial score (nSPS) is 17.5. The summed E-state index contributed by atoms with van der Waals surface area (Å²) in [5.41, 5.74) is 1.94. The molecule has 1 aromatic heterocycles. The molecule has 1 aromatic rings. The molecule has 12 heteroatoms. The van der Waals surface area contributed by atoms with Crippen molar-refractivity contribution in [2.24, 2.45) is 5.10 Å². The lowest BCUT2D eigenvalue weighted by molar-refractivity contribution is 0.0187. The zero-order valence-electron chi connectivity index (χ0n) is 21.7. The van der Waals surface area contributed by atoms with E-state index < -0.39 is 11.2 Å². The lowest BCUT2D eigenvalue weighted by Gasteiger charge is -2.35. The third-order valence-electron chi connectivity index (χ3n) is 5.22. The van der Waals surface area contributed by atoms with Crippen LogP contribution in [0, 0.1) is 0 Å². The van der Waals surface area contributed by atoms with Gasteiger partial charge in [0.15, 0.2) is 5.82 Å². The van der Waals surface area contributed by atoms with Gasteiger partial charge in [-0.1, -0.05) is 0 Å². The van der Waals surface area contributed by atoms with Gasteiger partial charge in [-0.2, -0.15) is 10.1 Å². The molecule has 3 rings (SSSR count). The van der Waals surface area contributed by atoms with Gasteiger partial charge < -0.3 is 29.1 Å². The Morgan fingerprint density at radius 2 is 1.40 bits per heavy atom. The Bertz CT molecular complexity index is 896. The summed E-state index contributed by atoms with van der Waals surface area (Å²) in [6.07, 6.45) is 2.82. The lowest BCUT2D eigenvalue weighted by Crippen LogP contribution is -2.50. The number of nitrogens with zero attached hydrogens (tertiary/aromatic N) is 7. The number of carbonyl (C=O) groups excluding carboxylic acids is 2. The lowest BCUT2D eigenvalue weighted by atomic mass is 10.2. The van der Waals surface area contributed by atoms with Crippen molar-refractivity contribution >= 4 is 30.3 Å². The molecule has 2 aliphatic rings. The molecular weight excluding hydrogens is 452 g/mol. The van der Waals surface area contributed by atoms with Crippen LogP contribution in [0.1, 0.15) is 41.5 Å². The predicted molar refractivity (Wildman–Crippen MR) is 134 cm³/mol. The van der Waals surface area contributed by atoms with Crippen molar-refractivity contribution in [3.05, 3.63) is 12.3 Å². The number of hydrogen-bond donors (Lipinski definition) is 1. The fourth-order valence-electron chi connectivity index (χ4n) is 3.50. The molecule has 0 saturated carbocycles. The predicted octanol–water partition coefficient (Wildman–Crippen LogP) is 2.44. The van der Waals surface area contributed by atoms with Crippen molar-refractivity contribution in [2.75, 3.05) is 62.7 Å². The maximum atomic E-state index is 12.3. The van der Waals surface area contributed by atoms with Gasteiger partial charge in [0.2, 0.25) is 5.95 Å². The second-order valence-corrected chi connectivity index (χ2v) is 10.6. The number of hydrazone groups is 1. The molecule has 0 aromatic carbocycles. The van der Waals surface area contributed by atoms with E-state index in [9.17, 15) is 9.59 Å². The number of anilines is 2. The number of aromatic nitrogens is 2. The highest BCUT2D eigenvalue weighted by Gasteiger charge is 2.27. The summed E-state index contributed by atoms with van der Waals surface area (Å²) >= 11 is 0. The first kappa shape index (κ1) is 26.3. The molecule has 3 heterocycles. The average molecular weight is 491 g/mol. The van der Waals surface area contributed by atoms with Crippen molar-refractivity contribution in [1.29, 1.82) is 0 Å². The van der Waals surface area contributed by atoms with E-state index in [4.69, 9.17) is 9.47 Å². The zero-order valence-corrected chi connectivity index (χ0v) is 21.7. The Morgan fingerprint density at radius 3 is 1.91 bits per heavy atom. The molecule has 0 radical (unpaired) electrons. The SMILES string of the molecule is CC(C)(C)OC(=O)N1CCN(/C=N\Nc2ccnc(N3CCN(C(=O)OC(C)(C)C)CC3)n2)CC1. The Hall–Kier alpha value is -3.31. The van der Waals surface area contributed by atoms with Gasteiger partial charge in [0.05, 0.1) is 0 Å². The van der Waals surface area contributed by atoms with E-state index in [0.29, 0.717) is 64.1 Å². The van der Waals surface area contributed by atoms with Crippen molar-refractivity contribution in [3.8, 4) is 0 Å². The van der Waals surface area contributed by atoms with Gasteiger partial charge in [-0.05, 0) is 41.5 Å². The number of ether oxygens (including phenoxy) is 2. The molecule has 1 N–H and O–H groups in total. The van der Waals surface area contributed by atoms with Crippen molar-refractivity contribution in [3.63, 3.8) is 0 Å². The van der Waals surface area contributed by atoms with Crippen LogP contribution >= 0.6 is 0 Å². The third kappa shape index (κ3) is 8.45. The first-order valence-corrected chi connectivity index (χ1v) is 12.0. The Labute approximate surface area is 207 Å². The summed E-state index contributed by atoms with van der Waals surface area (Å²) in [5.74, 6) is 1.16. The first-order valence-electron chi connectivity index (χ1n) is 12.0. The van der Waals surface area contributed by atoms with Gasteiger partial charge in [-0.15, -0.1) is 0 Å². The van der Waals surface area contributed by atoms with Gasteiger partial charge in [-0.3, -0.25) is 5.43 Å². The molecule has 2 aliphatic heterocycles. The number of nitrogens with one attached hydrogen (secondary N) is 1. The highest BCUT2D eigenvalue weighted by atomic mass is 16.6. The first-order chi connectivity index (χ1) is 16.4. The van der Waals surface area contributed by atoms with Crippen LogP contribution in [0.5, 0.6) is 0 Å². The van der Waals surface area contributed by atoms with Crippen molar-refractivity contribution in [1.82, 2.24) is 24.7 Å². The molecule has 12 nitrogen and oxygen atoms in total. The standard InChI is InChI=1S/C23H38N8O4/c1-22(2,3)34-20(32)30-11-9-28(10-12-30)17-25-27-18-7-8-24-19(26-18)29-13-15-31(16-14-29)21(33)35-23(4,5)6/h7-8,17H,9-16H2,1-6H3,(H,24,26,27)/b25-17-. The number of rotatable bonds is 4. The van der Waals surface area contributed by atoms with Gasteiger partial charge in [-0.25, -0.2) is 14.6 Å². The highest BCUT2D eigenvalue weighted by molar-refractivity contribution is 5.69. The molecule has 0 atom stereocenters. The molecule has 0 aliphatic carbocycles. The molecule has 0 bridgehead atoms. The van der Waals surface area contributed by atoms with Gasteiger partial charge in [0.25, 0.3) is 0 Å². The quantitative estimate of drug-likeness (QED) is 0.386. The number of hydrogen-bond acceptors (Lipinski definition) is 9. The molecule has 35 heavy (non-hydrogen) atoms. The fraction of sp³-hybridized carbons (Fsp3) is 0.696. The van der Waals surface area contributed by atoms with Crippen LogP contribution in [0.15, 0.2) is 17.4 Å².